The van der Waals surface area contributed by atoms with Crippen molar-refractivity contribution in [2.45, 2.75) is 0 Å². The Hall–Kier alpha value is 14.7. The van der Waals surface area contributed by atoms with Gasteiger partial charge in [-0.2, -0.15) is 0 Å². The van der Waals surface area contributed by atoms with E-state index in [1.54, 1.807) is 0 Å². The summed E-state index contributed by atoms with van der Waals surface area (Å²) < 4.78 is 0. The van der Waals surface area contributed by atoms with Crippen LogP contribution in [0.3, 0.4) is 0 Å². The minimum Gasteiger partial charge on any atom is -1.00 e. The first kappa shape index (κ1) is 152. The van der Waals surface area contributed by atoms with Gasteiger partial charge in [0.2, 0.25) is 0 Å². The van der Waals surface area contributed by atoms with Crippen molar-refractivity contribution in [2.24, 2.45) is 0 Å². The summed E-state index contributed by atoms with van der Waals surface area (Å²) in [4.78, 5) is 0. The summed E-state index contributed by atoms with van der Waals surface area (Å²) in [6.45, 7) is 0. The third kappa shape index (κ3) is 125. The number of hydrogen-bond donors (Lipinski definition) is 0. The molecule has 0 bridgehead atoms. The number of rotatable bonds is 0. The SMILES string of the molecule is [I-].[I-].[I-].[I-].[I-].[I-].[I-].[I-].[I-].[I-].[Pb+2].[Pb].[Tl+].[Tl+].[Tl+].[Tl+].[Tl+].[Tl]. The smallest absolute Gasteiger partial charge is 1.00 e. The van der Waals surface area contributed by atoms with Crippen molar-refractivity contribution in [2.75, 3.05) is 0 Å². The van der Waals surface area contributed by atoms with Crippen molar-refractivity contribution in [3.8, 4) is 0 Å². The minimum atomic E-state index is 0. The summed E-state index contributed by atoms with van der Waals surface area (Å²) in [5, 5.41) is 0. The maximum Gasteiger partial charge on any atom is 2.00 e. The third-order valence-corrected chi connectivity index (χ3v) is 0. The Morgan fingerprint density at radius 3 is 0.278 bits per heavy atom. The normalized spacial score (nSPS) is 0. The molecule has 0 aliphatic heterocycles. The zero-order chi connectivity index (χ0) is 0. The van der Waals surface area contributed by atoms with Gasteiger partial charge in [0.05, 0.1) is 0 Å². The van der Waals surface area contributed by atoms with Crippen LogP contribution in [-0.2, 0) is 0 Å². The van der Waals surface area contributed by atoms with Crippen LogP contribution >= 0.6 is 0 Å². The summed E-state index contributed by atoms with van der Waals surface area (Å²) in [6, 6.07) is 0. The van der Waals surface area contributed by atoms with Gasteiger partial charge in [-0.3, -0.25) is 0 Å². The molecule has 0 saturated heterocycles. The predicted octanol–water partition coefficient (Wildman–Crippen LogP) is -33.0. The molecule has 18 heteroatoms. The Morgan fingerprint density at radius 1 is 0.278 bits per heavy atom. The van der Waals surface area contributed by atoms with Crippen LogP contribution < -0.4 is 240 Å². The van der Waals surface area contributed by atoms with Gasteiger partial charge in [0, 0.05) is 54.6 Å². The third-order valence-electron chi connectivity index (χ3n) is 0. The van der Waals surface area contributed by atoms with Crippen LogP contribution in [0, 0.1) is 0 Å². The first-order valence-corrected chi connectivity index (χ1v) is 0. The molecular formula is I10Pb2Tl6-3. The van der Waals surface area contributed by atoms with Gasteiger partial charge in [-0.05, 0) is 0 Å². The molecule has 0 N–H and O–H groups in total. The molecule has 7 radical (unpaired) electrons. The van der Waals surface area contributed by atoms with Crippen molar-refractivity contribution in [3.05, 3.63) is 0 Å². The van der Waals surface area contributed by atoms with Gasteiger partial charge in [-0.15, -0.1) is 0 Å². The molecule has 99 valence electrons. The summed E-state index contributed by atoms with van der Waals surface area (Å²) >= 11 is 0. The van der Waals surface area contributed by atoms with Crippen LogP contribution in [0.15, 0.2) is 0 Å². The maximum atomic E-state index is 0. The second kappa shape index (κ2) is 138. The molecule has 0 amide bonds. The van der Waals surface area contributed by atoms with E-state index in [1.807, 2.05) is 0 Å². The zero-order valence-corrected chi connectivity index (χ0v) is 64.5. The largest absolute Gasteiger partial charge is 2.00 e. The van der Waals surface area contributed by atoms with Gasteiger partial charge >= 0.3 is 164 Å². The first-order chi connectivity index (χ1) is 0. The standard InChI is InChI=1S/10HI.2Pb.6Tl/h10*1H;;;;;;;;/q;;;;;;;;;;;+2;;5*+1/p-10. The molecule has 0 aliphatic carbocycles. The molecule has 0 aliphatic rings. The second-order valence-corrected chi connectivity index (χ2v) is 0. The minimum absolute atomic E-state index is 0. The summed E-state index contributed by atoms with van der Waals surface area (Å²) in [6.07, 6.45) is 0. The van der Waals surface area contributed by atoms with E-state index in [1.165, 1.54) is 0 Å². The van der Waals surface area contributed by atoms with E-state index in [9.17, 15) is 0 Å². The van der Waals surface area contributed by atoms with Crippen LogP contribution in [-0.4, -0.2) is 218 Å². The molecule has 0 aromatic rings. The van der Waals surface area contributed by atoms with Gasteiger partial charge in [0.25, 0.3) is 0 Å². The predicted molar refractivity (Wildman–Crippen MR) is 46.0 cm³/mol. The van der Waals surface area contributed by atoms with E-state index >= 15 is 0 Å². The Balaban J connectivity index is 0. The Labute approximate surface area is 443 Å². The molecule has 18 heavy (non-hydrogen) atoms. The van der Waals surface area contributed by atoms with E-state index in [-0.39, 0.29) is 458 Å². The summed E-state index contributed by atoms with van der Waals surface area (Å²) in [5.41, 5.74) is 0. The van der Waals surface area contributed by atoms with Crippen LogP contribution in [0.4, 0.5) is 0 Å². The summed E-state index contributed by atoms with van der Waals surface area (Å²) in [7, 11) is 0. The topological polar surface area (TPSA) is 0 Å². The van der Waals surface area contributed by atoms with Crippen LogP contribution in [0.25, 0.3) is 0 Å². The van der Waals surface area contributed by atoms with E-state index in [2.05, 4.69) is 0 Å². The number of halogens is 10. The molecule has 0 nitrogen and oxygen atoms in total. The van der Waals surface area contributed by atoms with E-state index in [0.29, 0.717) is 0 Å². The van der Waals surface area contributed by atoms with E-state index in [4.69, 9.17) is 0 Å². The van der Waals surface area contributed by atoms with Gasteiger partial charge in [0.1, 0.15) is 0 Å². The monoisotopic (exact) mass is 2910 g/mol. The zero-order valence-electron chi connectivity index (χ0n) is 8.24. The van der Waals surface area contributed by atoms with Crippen molar-refractivity contribution in [3.63, 3.8) is 0 Å². The van der Waals surface area contributed by atoms with Crippen molar-refractivity contribution < 1.29 is 240 Å². The fourth-order valence-corrected chi connectivity index (χ4v) is 0. The Kier molecular flexibility index (Phi) is 1170. The second-order valence-electron chi connectivity index (χ2n) is 0. The average Bonchev–Trinajstić information content (AvgIpc) is 0. The molecular weight excluding hydrogens is 2910 g/mol. The molecule has 0 saturated carbocycles. The maximum absolute atomic E-state index is 0. The van der Waals surface area contributed by atoms with Gasteiger partial charge in [-0.25, -0.2) is 0 Å². The Morgan fingerprint density at radius 2 is 0.278 bits per heavy atom. The molecule has 0 fully saturated rings. The van der Waals surface area contributed by atoms with Gasteiger partial charge in [-0.1, -0.05) is 0 Å². The molecule has 0 rings (SSSR count). The van der Waals surface area contributed by atoms with E-state index in [0.717, 1.165) is 0 Å². The quantitative estimate of drug-likeness (QED) is 0.168. The number of hydrogen-bond acceptors (Lipinski definition) is 0. The Bertz CT molecular complexity index is 24.3. The summed E-state index contributed by atoms with van der Waals surface area (Å²) in [5.74, 6) is 0. The molecule has 0 heterocycles. The molecule has 0 aromatic carbocycles. The van der Waals surface area contributed by atoms with Crippen molar-refractivity contribution >= 4 is 218 Å². The first-order valence-electron chi connectivity index (χ1n) is 0. The van der Waals surface area contributed by atoms with Crippen LogP contribution in [0.5, 0.6) is 0 Å². The van der Waals surface area contributed by atoms with Crippen LogP contribution in [0.2, 0.25) is 0 Å². The fourth-order valence-electron chi connectivity index (χ4n) is 0. The van der Waals surface area contributed by atoms with Gasteiger partial charge in [0.15, 0.2) is 0 Å². The molecule has 0 aromatic heterocycles. The molecule has 0 spiro atoms. The van der Waals surface area contributed by atoms with Crippen molar-refractivity contribution in [1.82, 2.24) is 0 Å². The van der Waals surface area contributed by atoms with Crippen molar-refractivity contribution in [1.29, 1.82) is 0 Å². The molecule has 0 atom stereocenters. The molecule has 0 unspecified atom stereocenters. The van der Waals surface area contributed by atoms with Gasteiger partial charge < -0.3 is 240 Å². The fraction of sp³-hybridized carbons (Fsp3) is 0. The van der Waals surface area contributed by atoms with E-state index < -0.39 is 0 Å². The van der Waals surface area contributed by atoms with Crippen LogP contribution in [0.1, 0.15) is 0 Å². The average molecular weight is 2910 g/mol.